The summed E-state index contributed by atoms with van der Waals surface area (Å²) in [5.41, 5.74) is 9.86. The van der Waals surface area contributed by atoms with Crippen molar-refractivity contribution in [2.45, 2.75) is 81.6 Å². The number of hydrogen-bond donors (Lipinski definition) is 4. The minimum absolute atomic E-state index is 0.127. The van der Waals surface area contributed by atoms with E-state index in [4.69, 9.17) is 77.8 Å². The first-order valence-corrected chi connectivity index (χ1v) is 35.9. The zero-order valence-corrected chi connectivity index (χ0v) is 60.2. The number of ether oxygens (including phenoxy) is 8. The highest BCUT2D eigenvalue weighted by Crippen LogP contribution is 2.34. The molecular weight excluding hydrogens is 1290 g/mol. The molecule has 0 aliphatic rings. The summed E-state index contributed by atoms with van der Waals surface area (Å²) in [6, 6.07) is 32.4. The minimum Gasteiger partial charge on any atom is -0.378 e. The molecule has 0 bridgehead atoms. The number of nitrogens with zero attached hydrogens (tertiary/aromatic N) is 12. The number of carbonyl (C=O) groups excluding carboxylic acids is 1. The van der Waals surface area contributed by atoms with Gasteiger partial charge >= 0.3 is 0 Å². The van der Waals surface area contributed by atoms with Crippen molar-refractivity contribution < 1.29 is 42.7 Å². The second kappa shape index (κ2) is 35.2. The Bertz CT molecular complexity index is 4370. The van der Waals surface area contributed by atoms with Gasteiger partial charge in [0.1, 0.15) is 28.7 Å². The summed E-state index contributed by atoms with van der Waals surface area (Å²) in [5.74, 6) is 3.90. The van der Waals surface area contributed by atoms with E-state index in [-0.39, 0.29) is 72.0 Å². The number of benzene rings is 4. The van der Waals surface area contributed by atoms with Crippen molar-refractivity contribution in [3.8, 4) is 0 Å². The zero-order chi connectivity index (χ0) is 70.8. The summed E-state index contributed by atoms with van der Waals surface area (Å²) in [6.45, 7) is 26.2. The van der Waals surface area contributed by atoms with Gasteiger partial charge in [0.05, 0.1) is 174 Å². The van der Waals surface area contributed by atoms with Crippen LogP contribution in [0.25, 0.3) is 87.7 Å². The van der Waals surface area contributed by atoms with E-state index in [1.54, 1.807) is 0 Å². The van der Waals surface area contributed by atoms with Gasteiger partial charge in [-0.15, -0.1) is 0 Å². The van der Waals surface area contributed by atoms with Gasteiger partial charge in [0.15, 0.2) is 23.3 Å². The number of carbonyl (C=O) groups is 1. The number of aromatic nitrogens is 12. The number of para-hydroxylation sites is 4. The lowest BCUT2D eigenvalue weighted by Gasteiger charge is -2.33. The van der Waals surface area contributed by atoms with Gasteiger partial charge in [-0.3, -0.25) is 4.79 Å². The lowest BCUT2D eigenvalue weighted by atomic mass is 9.92. The molecule has 0 saturated carbocycles. The van der Waals surface area contributed by atoms with E-state index in [0.29, 0.717) is 112 Å². The normalized spacial score (nSPS) is 12.4. The summed E-state index contributed by atoms with van der Waals surface area (Å²) in [6.07, 6.45) is 7.52. The molecule has 0 unspecified atom stereocenters. The van der Waals surface area contributed by atoms with E-state index in [1.807, 2.05) is 104 Å². The van der Waals surface area contributed by atoms with Gasteiger partial charge in [0.2, 0.25) is 0 Å². The monoisotopic (exact) mass is 1390 g/mol. The van der Waals surface area contributed by atoms with E-state index in [0.717, 1.165) is 108 Å². The molecule has 0 atom stereocenters. The second-order valence-corrected chi connectivity index (χ2v) is 27.8. The molecular formula is C77H98N16O9. The highest BCUT2D eigenvalue weighted by Gasteiger charge is 2.33. The average molecular weight is 1390 g/mol. The Labute approximate surface area is 594 Å². The van der Waals surface area contributed by atoms with Crippen LogP contribution in [0.3, 0.4) is 0 Å². The van der Waals surface area contributed by atoms with Gasteiger partial charge < -0.3 is 77.4 Å². The van der Waals surface area contributed by atoms with Crippen LogP contribution in [0.5, 0.6) is 0 Å². The number of hydrogen-bond acceptors (Lipinski definition) is 20. The Morgan fingerprint density at radius 3 is 0.922 bits per heavy atom. The molecule has 25 nitrogen and oxygen atoms in total. The van der Waals surface area contributed by atoms with Crippen molar-refractivity contribution in [2.24, 2.45) is 29.1 Å². The van der Waals surface area contributed by atoms with Crippen molar-refractivity contribution in [3.05, 3.63) is 122 Å². The van der Waals surface area contributed by atoms with E-state index >= 15 is 0 Å². The maximum Gasteiger partial charge on any atom is 0.251 e. The Morgan fingerprint density at radius 1 is 0.353 bits per heavy atom. The van der Waals surface area contributed by atoms with E-state index in [1.165, 1.54) is 0 Å². The zero-order valence-electron chi connectivity index (χ0n) is 60.2. The van der Waals surface area contributed by atoms with Crippen molar-refractivity contribution in [1.82, 2.24) is 58.1 Å². The number of anilines is 4. The molecule has 8 heterocycles. The predicted octanol–water partition coefficient (Wildman–Crippen LogP) is 12.3. The van der Waals surface area contributed by atoms with Crippen LogP contribution >= 0.6 is 0 Å². The van der Waals surface area contributed by atoms with Crippen molar-refractivity contribution in [2.75, 3.05) is 147 Å². The lowest BCUT2D eigenvalue weighted by molar-refractivity contribution is -0.126. The molecule has 4 N–H and O–H groups in total. The SMILES string of the molecule is CC(C)Cn1cnc2c(NCCOCCOCC(COCCOCCNc3nc4ccccc4c4c3ncn4CC(C)C)(COCCOCCNc3nc4ccccc4c4c3ncn4CC(C)C)COCCOCC(=O)Nc3nc4ccccc4c4c3ncn4CC(C)C)nc3ccccc3c21. The van der Waals surface area contributed by atoms with E-state index in [9.17, 15) is 4.79 Å². The highest BCUT2D eigenvalue weighted by atomic mass is 16.6. The van der Waals surface area contributed by atoms with Crippen molar-refractivity contribution >= 4 is 117 Å². The molecule has 4 aromatic carbocycles. The molecule has 12 rings (SSSR count). The molecule has 25 heteroatoms. The fourth-order valence-corrected chi connectivity index (χ4v) is 13.0. The van der Waals surface area contributed by atoms with Gasteiger partial charge in [-0.2, -0.15) is 0 Å². The number of pyridine rings is 4. The molecule has 0 saturated heterocycles. The summed E-state index contributed by atoms with van der Waals surface area (Å²) in [7, 11) is 0. The maximum absolute atomic E-state index is 13.6. The third-order valence-corrected chi connectivity index (χ3v) is 17.3. The van der Waals surface area contributed by atoms with Crippen LogP contribution in [0.4, 0.5) is 23.3 Å². The summed E-state index contributed by atoms with van der Waals surface area (Å²) >= 11 is 0. The number of imidazole rings is 4. The average Bonchev–Trinajstić information content (AvgIpc) is 1.58. The number of nitrogens with one attached hydrogen (secondary N) is 4. The van der Waals surface area contributed by atoms with Crippen molar-refractivity contribution in [1.29, 1.82) is 0 Å². The molecule has 0 fully saturated rings. The molecule has 540 valence electrons. The molecule has 0 aliphatic carbocycles. The number of rotatable bonds is 43. The molecule has 1 amide bonds. The number of amides is 1. The predicted molar refractivity (Wildman–Crippen MR) is 403 cm³/mol. The highest BCUT2D eigenvalue weighted by molar-refractivity contribution is 6.11. The van der Waals surface area contributed by atoms with Gasteiger partial charge in [-0.05, 0) is 47.9 Å². The summed E-state index contributed by atoms with van der Waals surface area (Å²) in [5, 5.41) is 17.6. The van der Waals surface area contributed by atoms with Gasteiger partial charge in [-0.1, -0.05) is 128 Å². The molecule has 0 aliphatic heterocycles. The maximum atomic E-state index is 13.6. The Balaban J connectivity index is 0.684. The smallest absolute Gasteiger partial charge is 0.251 e. The largest absolute Gasteiger partial charge is 0.378 e. The van der Waals surface area contributed by atoms with Crippen LogP contribution in [0.2, 0.25) is 0 Å². The summed E-state index contributed by atoms with van der Waals surface area (Å²) < 4.78 is 59.2. The van der Waals surface area contributed by atoms with Crippen LogP contribution in [0.15, 0.2) is 122 Å². The van der Waals surface area contributed by atoms with Gasteiger partial charge in [0.25, 0.3) is 5.91 Å². The Morgan fingerprint density at radius 2 is 0.618 bits per heavy atom. The van der Waals surface area contributed by atoms with Gasteiger partial charge in [0, 0.05) is 67.4 Å². The quantitative estimate of drug-likeness (QED) is 0.0259. The molecule has 0 radical (unpaired) electrons. The fraction of sp³-hybridized carbons (Fsp3) is 0.468. The van der Waals surface area contributed by atoms with Crippen LogP contribution < -0.4 is 21.3 Å². The molecule has 0 spiro atoms. The van der Waals surface area contributed by atoms with E-state index in [2.05, 4.69) is 113 Å². The lowest BCUT2D eigenvalue weighted by Crippen LogP contribution is -2.43. The fourth-order valence-electron chi connectivity index (χ4n) is 13.0. The third kappa shape index (κ3) is 18.2. The Hall–Kier alpha value is -9.05. The van der Waals surface area contributed by atoms with Gasteiger partial charge in [-0.25, -0.2) is 39.9 Å². The minimum atomic E-state index is -0.821. The molecule has 8 aromatic heterocycles. The van der Waals surface area contributed by atoms with Crippen LogP contribution in [0, 0.1) is 29.1 Å². The topological polar surface area (TPSA) is 262 Å². The van der Waals surface area contributed by atoms with Crippen LogP contribution in [0.1, 0.15) is 55.4 Å². The van der Waals surface area contributed by atoms with Crippen molar-refractivity contribution in [3.63, 3.8) is 0 Å². The first kappa shape index (κ1) is 72.7. The first-order valence-electron chi connectivity index (χ1n) is 35.9. The second-order valence-electron chi connectivity index (χ2n) is 27.8. The Kier molecular flexibility index (Phi) is 25.1. The third-order valence-electron chi connectivity index (χ3n) is 17.3. The summed E-state index contributed by atoms with van der Waals surface area (Å²) in [4.78, 5) is 52.4. The molecule has 102 heavy (non-hydrogen) atoms. The standard InChI is InChI=1S/C77H98N16O9/c1-52(2)39-90-48-81-65-69(90)56-17-9-13-21-60(56)85-73(65)78-25-28-95-31-35-99-44-77(45-100-36-32-96-29-26-79-74-66-70(91(49-82-66)40-53(3)4)57-18-10-14-22-61(57)86-74,46-101-37-33-97-30-27-80-75-67-71(92(50-83-67)41-54(5)6)58-19-11-15-23-62(58)87-75)47-102-38-34-98-43-64(94)89-76-68-72(93(51-84-68)42-55(7)8)59-20-12-16-24-63(59)88-76/h9-24,48-55H,25-47H2,1-8H3,(H,78,85)(H,79,86)(H,80,87)(H,88,89,94). The first-order chi connectivity index (χ1) is 49.8. The van der Waals surface area contributed by atoms with Crippen LogP contribution in [-0.4, -0.2) is 189 Å². The molecule has 12 aromatic rings. The van der Waals surface area contributed by atoms with Crippen LogP contribution in [-0.2, 0) is 68.9 Å². The van der Waals surface area contributed by atoms with E-state index < -0.39 is 5.41 Å². The number of fused-ring (bicyclic) bond motifs is 12.